The lowest BCUT2D eigenvalue weighted by atomic mass is 10.1. The summed E-state index contributed by atoms with van der Waals surface area (Å²) >= 11 is 0. The molecule has 0 spiro atoms. The van der Waals surface area contributed by atoms with Crippen LogP contribution in [0.25, 0.3) is 0 Å². The van der Waals surface area contributed by atoms with Crippen molar-refractivity contribution in [2.75, 3.05) is 19.3 Å². The normalized spacial score (nSPS) is 23.1. The van der Waals surface area contributed by atoms with Crippen LogP contribution in [0.2, 0.25) is 0 Å². The zero-order valence-electron chi connectivity index (χ0n) is 12.9. The molecule has 0 aliphatic carbocycles. The van der Waals surface area contributed by atoms with Gasteiger partial charge in [-0.1, -0.05) is 6.07 Å². The third-order valence-corrected chi connectivity index (χ3v) is 4.82. The minimum atomic E-state index is -3.31. The van der Waals surface area contributed by atoms with Gasteiger partial charge in [0.15, 0.2) is 9.84 Å². The van der Waals surface area contributed by atoms with E-state index in [4.69, 9.17) is 0 Å². The fraction of sp³-hybridized carbons (Fsp3) is 0.533. The van der Waals surface area contributed by atoms with E-state index in [1.807, 2.05) is 20.8 Å². The Labute approximate surface area is 126 Å². The molecule has 21 heavy (non-hydrogen) atoms. The zero-order valence-corrected chi connectivity index (χ0v) is 13.7. The monoisotopic (exact) mass is 310 g/mol. The first-order chi connectivity index (χ1) is 9.68. The first kappa shape index (κ1) is 16.0. The molecule has 0 bridgehead atoms. The average molecular weight is 310 g/mol. The van der Waals surface area contributed by atoms with Crippen LogP contribution in [0.3, 0.4) is 0 Å². The van der Waals surface area contributed by atoms with Crippen LogP contribution < -0.4 is 5.32 Å². The van der Waals surface area contributed by atoms with Gasteiger partial charge in [-0.25, -0.2) is 8.42 Å². The summed E-state index contributed by atoms with van der Waals surface area (Å²) in [6.45, 7) is 7.16. The van der Waals surface area contributed by atoms with Gasteiger partial charge in [-0.2, -0.15) is 0 Å². The van der Waals surface area contributed by atoms with Crippen LogP contribution in [0.1, 0.15) is 29.8 Å². The van der Waals surface area contributed by atoms with Gasteiger partial charge in [0, 0.05) is 37.0 Å². The number of aryl methyl sites for hydroxylation is 1. The Bertz CT molecular complexity index is 645. The summed E-state index contributed by atoms with van der Waals surface area (Å²) in [7, 11) is -3.31. The van der Waals surface area contributed by atoms with Crippen molar-refractivity contribution in [3.8, 4) is 0 Å². The maximum atomic E-state index is 12.7. The molecule has 0 unspecified atom stereocenters. The quantitative estimate of drug-likeness (QED) is 0.892. The van der Waals surface area contributed by atoms with Crippen LogP contribution in [-0.2, 0) is 9.84 Å². The summed E-state index contributed by atoms with van der Waals surface area (Å²) in [4.78, 5) is 14.7. The summed E-state index contributed by atoms with van der Waals surface area (Å²) in [5.74, 6) is -0.0989. The van der Waals surface area contributed by atoms with Crippen LogP contribution in [0.15, 0.2) is 23.1 Å². The molecule has 0 saturated carbocycles. The second-order valence-electron chi connectivity index (χ2n) is 5.93. The summed E-state index contributed by atoms with van der Waals surface area (Å²) in [6.07, 6.45) is 1.15. The molecule has 1 saturated heterocycles. The number of sulfone groups is 1. The number of nitrogens with zero attached hydrogens (tertiary/aromatic N) is 1. The number of rotatable bonds is 2. The molecular formula is C15H22N2O3S. The fourth-order valence-corrected chi connectivity index (χ4v) is 3.37. The standard InChI is InChI=1S/C15H22N2O3S/c1-10-5-6-13(21(4,19)20)7-14(10)15(18)17-8-11(2)16-12(3)9-17/h5-7,11-12,16H,8-9H2,1-4H3/t11-,12-/m1/s1. The van der Waals surface area contributed by atoms with Gasteiger partial charge in [-0.3, -0.25) is 4.79 Å². The Morgan fingerprint density at radius 3 is 2.33 bits per heavy atom. The summed E-state index contributed by atoms with van der Waals surface area (Å²) < 4.78 is 23.3. The highest BCUT2D eigenvalue weighted by molar-refractivity contribution is 7.90. The Hall–Kier alpha value is -1.40. The maximum Gasteiger partial charge on any atom is 0.254 e. The fourth-order valence-electron chi connectivity index (χ4n) is 2.73. The van der Waals surface area contributed by atoms with Crippen LogP contribution in [-0.4, -0.2) is 50.7 Å². The van der Waals surface area contributed by atoms with E-state index in [0.717, 1.165) is 11.8 Å². The second-order valence-corrected chi connectivity index (χ2v) is 7.94. The van der Waals surface area contributed by atoms with Crippen molar-refractivity contribution in [1.29, 1.82) is 0 Å². The van der Waals surface area contributed by atoms with Gasteiger partial charge in [0.2, 0.25) is 0 Å². The predicted molar refractivity (Wildman–Crippen MR) is 82.3 cm³/mol. The number of piperazine rings is 1. The minimum Gasteiger partial charge on any atom is -0.336 e. The van der Waals surface area contributed by atoms with E-state index in [-0.39, 0.29) is 22.9 Å². The highest BCUT2D eigenvalue weighted by atomic mass is 32.2. The first-order valence-corrected chi connectivity index (χ1v) is 8.93. The topological polar surface area (TPSA) is 66.5 Å². The molecule has 1 aromatic rings. The van der Waals surface area contributed by atoms with Crippen LogP contribution in [0, 0.1) is 6.92 Å². The van der Waals surface area contributed by atoms with Gasteiger partial charge in [0.25, 0.3) is 5.91 Å². The maximum absolute atomic E-state index is 12.7. The Morgan fingerprint density at radius 1 is 1.24 bits per heavy atom. The van der Waals surface area contributed by atoms with Gasteiger partial charge in [-0.15, -0.1) is 0 Å². The number of carbonyl (C=O) groups excluding carboxylic acids is 1. The molecular weight excluding hydrogens is 288 g/mol. The molecule has 1 amide bonds. The minimum absolute atomic E-state index is 0.0989. The van der Waals surface area contributed by atoms with Crippen molar-refractivity contribution < 1.29 is 13.2 Å². The lowest BCUT2D eigenvalue weighted by molar-refractivity contribution is 0.0673. The van der Waals surface area contributed by atoms with E-state index < -0.39 is 9.84 Å². The molecule has 6 heteroatoms. The van der Waals surface area contributed by atoms with E-state index >= 15 is 0 Å². The average Bonchev–Trinajstić information content (AvgIpc) is 2.36. The smallest absolute Gasteiger partial charge is 0.254 e. The molecule has 1 fully saturated rings. The molecule has 1 heterocycles. The Balaban J connectivity index is 2.34. The zero-order chi connectivity index (χ0) is 15.8. The Morgan fingerprint density at radius 2 is 1.81 bits per heavy atom. The second kappa shape index (κ2) is 5.77. The van der Waals surface area contributed by atoms with Gasteiger partial charge in [0.1, 0.15) is 0 Å². The molecule has 0 aromatic heterocycles. The number of nitrogens with one attached hydrogen (secondary N) is 1. The predicted octanol–water partition coefficient (Wildman–Crippen LogP) is 1.22. The van der Waals surface area contributed by atoms with Gasteiger partial charge in [0.05, 0.1) is 4.90 Å². The molecule has 1 aliphatic rings. The van der Waals surface area contributed by atoms with Gasteiger partial charge in [-0.05, 0) is 38.5 Å². The van der Waals surface area contributed by atoms with Crippen LogP contribution in [0.5, 0.6) is 0 Å². The van der Waals surface area contributed by atoms with Crippen molar-refractivity contribution in [3.05, 3.63) is 29.3 Å². The SMILES string of the molecule is Cc1ccc(S(C)(=O)=O)cc1C(=O)N1C[C@@H](C)N[C@H](C)C1. The van der Waals surface area contributed by atoms with E-state index in [9.17, 15) is 13.2 Å². The molecule has 2 rings (SSSR count). The Kier molecular flexibility index (Phi) is 4.39. The first-order valence-electron chi connectivity index (χ1n) is 7.04. The summed E-state index contributed by atoms with van der Waals surface area (Å²) in [6, 6.07) is 5.19. The third-order valence-electron chi connectivity index (χ3n) is 3.71. The number of amides is 1. The lowest BCUT2D eigenvalue weighted by Gasteiger charge is -2.36. The van der Waals surface area contributed by atoms with E-state index in [2.05, 4.69) is 5.32 Å². The van der Waals surface area contributed by atoms with Gasteiger partial charge >= 0.3 is 0 Å². The highest BCUT2D eigenvalue weighted by Crippen LogP contribution is 2.19. The molecule has 0 radical (unpaired) electrons. The van der Waals surface area contributed by atoms with Crippen molar-refractivity contribution in [1.82, 2.24) is 10.2 Å². The molecule has 2 atom stereocenters. The van der Waals surface area contributed by atoms with Crippen LogP contribution >= 0.6 is 0 Å². The van der Waals surface area contributed by atoms with Crippen molar-refractivity contribution in [2.24, 2.45) is 0 Å². The molecule has 1 aliphatic heterocycles. The number of carbonyl (C=O) groups is 1. The summed E-state index contributed by atoms with van der Waals surface area (Å²) in [5, 5.41) is 3.38. The van der Waals surface area contributed by atoms with Crippen molar-refractivity contribution in [2.45, 2.75) is 37.8 Å². The van der Waals surface area contributed by atoms with Gasteiger partial charge < -0.3 is 10.2 Å². The summed E-state index contributed by atoms with van der Waals surface area (Å²) in [5.41, 5.74) is 1.27. The number of benzene rings is 1. The van der Waals surface area contributed by atoms with Crippen molar-refractivity contribution in [3.63, 3.8) is 0 Å². The van der Waals surface area contributed by atoms with E-state index in [0.29, 0.717) is 18.7 Å². The number of hydrogen-bond donors (Lipinski definition) is 1. The molecule has 1 aromatic carbocycles. The van der Waals surface area contributed by atoms with Crippen molar-refractivity contribution >= 4 is 15.7 Å². The highest BCUT2D eigenvalue weighted by Gasteiger charge is 2.26. The number of hydrogen-bond acceptors (Lipinski definition) is 4. The third kappa shape index (κ3) is 3.63. The molecule has 116 valence electrons. The molecule has 5 nitrogen and oxygen atoms in total. The van der Waals surface area contributed by atoms with Crippen LogP contribution in [0.4, 0.5) is 0 Å². The van der Waals surface area contributed by atoms with E-state index in [1.54, 1.807) is 17.0 Å². The largest absolute Gasteiger partial charge is 0.336 e. The molecule has 1 N–H and O–H groups in total. The lowest BCUT2D eigenvalue weighted by Crippen LogP contribution is -2.55. The van der Waals surface area contributed by atoms with E-state index in [1.165, 1.54) is 6.07 Å².